The third-order valence-corrected chi connectivity index (χ3v) is 12.0. The number of rotatable bonds is 7. The maximum Gasteiger partial charge on any atom is 0.569 e. The van der Waals surface area contributed by atoms with Crippen molar-refractivity contribution in [2.45, 2.75) is 18.1 Å². The van der Waals surface area contributed by atoms with Gasteiger partial charge in [-0.3, -0.25) is 0 Å². The van der Waals surface area contributed by atoms with E-state index in [1.807, 2.05) is 0 Å². The number of hydrogen-bond acceptors (Lipinski definition) is 2. The topological polar surface area (TPSA) is 29.5 Å². The molecule has 23 heteroatoms. The molecule has 0 unspecified atom stereocenters. The van der Waals surface area contributed by atoms with Gasteiger partial charge in [-0.1, -0.05) is 13.1 Å². The molecular weight excluding hydrogens is 756 g/mol. The van der Waals surface area contributed by atoms with Crippen LogP contribution in [0.3, 0.4) is 0 Å². The quantitative estimate of drug-likeness (QED) is 0.0688. The smallest absolute Gasteiger partial charge is 0.533 e. The molecule has 4 rings (SSSR count). The van der Waals surface area contributed by atoms with Crippen molar-refractivity contribution in [1.82, 2.24) is 0 Å². The summed E-state index contributed by atoms with van der Waals surface area (Å²) >= 11 is 0. The maximum atomic E-state index is 15.8. The van der Waals surface area contributed by atoms with Gasteiger partial charge >= 0.3 is 7.69 Å². The molecule has 4 aromatic rings. The van der Waals surface area contributed by atoms with Crippen molar-refractivity contribution >= 4 is 20.9 Å². The molecule has 2 nitrogen and oxygen atoms in total. The molecule has 0 aliphatic carbocycles. The Bertz CT molecular complexity index is 1840. The maximum absolute atomic E-state index is 15.8. The van der Waals surface area contributed by atoms with E-state index in [0.29, 0.717) is 0 Å². The molecule has 50 heavy (non-hydrogen) atoms. The zero-order valence-electron chi connectivity index (χ0n) is 23.6. The van der Waals surface area contributed by atoms with Gasteiger partial charge < -0.3 is 9.68 Å². The Morgan fingerprint density at radius 3 is 0.820 bits per heavy atom. The Morgan fingerprint density at radius 1 is 0.380 bits per heavy atom. The molecule has 1 radical (unpaired) electrons. The van der Waals surface area contributed by atoms with E-state index in [2.05, 4.69) is 4.65 Å². The van der Waals surface area contributed by atoms with E-state index in [4.69, 9.17) is 5.02 Å². The van der Waals surface area contributed by atoms with Gasteiger partial charge in [-0.05, 0) is 0 Å². The summed E-state index contributed by atoms with van der Waals surface area (Å²) in [6.07, 6.45) is 0. The van der Waals surface area contributed by atoms with E-state index in [1.165, 1.54) is 0 Å². The van der Waals surface area contributed by atoms with Crippen LogP contribution in [0.2, 0.25) is 13.1 Å². The molecule has 1 N–H and O–H groups in total. The van der Waals surface area contributed by atoms with Gasteiger partial charge in [-0.15, -0.1) is 0 Å². The predicted molar refractivity (Wildman–Crippen MR) is 131 cm³/mol. The number of benzene rings is 4. The van der Waals surface area contributed by atoms with Crippen LogP contribution >= 0.6 is 0 Å². The lowest BCUT2D eigenvalue weighted by Crippen LogP contribution is -2.65. The van der Waals surface area contributed by atoms with Gasteiger partial charge in [0, 0.05) is 21.9 Å². The minimum atomic E-state index is -6.82. The second-order valence-electron chi connectivity index (χ2n) is 10.4. The summed E-state index contributed by atoms with van der Waals surface area (Å²) in [5.74, 6) is -65.4. The lowest BCUT2D eigenvalue weighted by Gasteiger charge is -2.47. The van der Waals surface area contributed by atoms with Gasteiger partial charge in [0.15, 0.2) is 87.2 Å². The Labute approximate surface area is 265 Å². The van der Waals surface area contributed by atoms with Crippen LogP contribution in [0.4, 0.5) is 83.4 Å². The van der Waals surface area contributed by atoms with E-state index in [1.54, 1.807) is 0 Å². The summed E-state index contributed by atoms with van der Waals surface area (Å²) in [6, 6.07) is 0. The summed E-state index contributed by atoms with van der Waals surface area (Å²) in [7, 11) is -7.46. The molecule has 0 bridgehead atoms. The molecule has 0 aliphatic rings. The lowest BCUT2D eigenvalue weighted by molar-refractivity contribution is 0.337. The largest absolute Gasteiger partial charge is 0.569 e. The summed E-state index contributed by atoms with van der Waals surface area (Å²) in [5.41, 5.74) is -9.83. The summed E-state index contributed by atoms with van der Waals surface area (Å²) in [5, 5.41) is 0.611. The minimum absolute atomic E-state index is 0.166. The van der Waals surface area contributed by atoms with Crippen LogP contribution in [-0.4, -0.2) is 20.8 Å². The van der Waals surface area contributed by atoms with Crippen molar-refractivity contribution in [3.05, 3.63) is 127 Å². The van der Waals surface area contributed by atoms with Gasteiger partial charge in [-0.25, -0.2) is 74.6 Å². The zero-order chi connectivity index (χ0) is 38.3. The monoisotopic (exact) mass is 763 g/mol. The molecular formula is C27H7BF19O2Si. The molecule has 4 aromatic carbocycles. The minimum Gasteiger partial charge on any atom is -0.533 e. The Morgan fingerprint density at radius 2 is 0.600 bits per heavy atom. The fourth-order valence-corrected chi connectivity index (χ4v) is 9.84. The van der Waals surface area contributed by atoms with Crippen LogP contribution in [0, 0.1) is 111 Å². The van der Waals surface area contributed by atoms with Crippen molar-refractivity contribution in [3.8, 4) is 5.75 Å². The van der Waals surface area contributed by atoms with E-state index >= 15 is 43.9 Å². The Kier molecular flexibility index (Phi) is 9.77. The van der Waals surface area contributed by atoms with Gasteiger partial charge in [-0.2, -0.15) is 8.78 Å². The standard InChI is InChI=1S/C27H7BF19O2Si/c1-50(2,26-23(46)21(44)25(49-28-48)22(45)24(26)47)27(3-6(29)12(35)18(41)13(36)7(3)30,4-8(31)14(37)19(42)15(38)9(4)32)5-10(33)16(39)20(43)17(40)11(5)34/h48H,1-2H3. The average molecular weight is 763 g/mol. The molecule has 0 spiro atoms. The molecule has 0 heterocycles. The van der Waals surface area contributed by atoms with Gasteiger partial charge in [0.05, 0.1) is 5.04 Å². The van der Waals surface area contributed by atoms with Crippen LogP contribution < -0.4 is 9.84 Å². The van der Waals surface area contributed by atoms with Crippen LogP contribution in [0.25, 0.3) is 0 Å². The highest BCUT2D eigenvalue weighted by Crippen LogP contribution is 2.54. The molecule has 0 aromatic heterocycles. The predicted octanol–water partition coefficient (Wildman–Crippen LogP) is 7.72. The first-order chi connectivity index (χ1) is 23.0. The van der Waals surface area contributed by atoms with Crippen LogP contribution in [0.1, 0.15) is 16.7 Å². The SMILES string of the molecule is C[Si](C)(c1c(F)c(F)c(O[B]O)c(F)c1F)C(c1c(F)c(F)c(F)c(F)c1F)(c1c(F)c(F)c(F)c(F)c1F)c1c(F)c(F)c(F)c(F)c1F. The Hall–Kier alpha value is -4.41. The van der Waals surface area contributed by atoms with E-state index < -0.39 is 159 Å². The highest BCUT2D eigenvalue weighted by molar-refractivity contribution is 6.93. The van der Waals surface area contributed by atoms with Crippen molar-refractivity contribution in [1.29, 1.82) is 0 Å². The summed E-state index contributed by atoms with van der Waals surface area (Å²) < 4.78 is 292. The number of halogens is 19. The van der Waals surface area contributed by atoms with Gasteiger partial charge in [0.25, 0.3) is 0 Å². The fraction of sp³-hybridized carbons (Fsp3) is 0.111. The highest BCUT2D eigenvalue weighted by Gasteiger charge is 2.64. The highest BCUT2D eigenvalue weighted by atomic mass is 28.3. The molecule has 0 aliphatic heterocycles. The Balaban J connectivity index is 2.64. The van der Waals surface area contributed by atoms with Crippen molar-refractivity contribution in [2.24, 2.45) is 0 Å². The summed E-state index contributed by atoms with van der Waals surface area (Å²) in [4.78, 5) is 0. The first-order valence-electron chi connectivity index (χ1n) is 12.5. The zero-order valence-corrected chi connectivity index (χ0v) is 24.6. The normalized spacial score (nSPS) is 12.2. The van der Waals surface area contributed by atoms with Crippen LogP contribution in [-0.2, 0) is 5.04 Å². The van der Waals surface area contributed by atoms with Crippen molar-refractivity contribution in [3.63, 3.8) is 0 Å². The van der Waals surface area contributed by atoms with Crippen LogP contribution in [0.15, 0.2) is 0 Å². The van der Waals surface area contributed by atoms with E-state index in [-0.39, 0.29) is 13.1 Å². The van der Waals surface area contributed by atoms with E-state index in [0.717, 1.165) is 0 Å². The molecule has 0 amide bonds. The summed E-state index contributed by atoms with van der Waals surface area (Å²) in [6.45, 7) is -0.333. The van der Waals surface area contributed by atoms with Gasteiger partial charge in [0.2, 0.25) is 29.1 Å². The first kappa shape index (κ1) is 38.4. The number of hydrogen-bond donors (Lipinski definition) is 1. The fourth-order valence-electron chi connectivity index (χ4n) is 5.62. The molecule has 267 valence electrons. The second kappa shape index (κ2) is 12.7. The average Bonchev–Trinajstić information content (AvgIpc) is 3.07. The lowest BCUT2D eigenvalue weighted by atomic mass is 9.80. The third-order valence-electron chi connectivity index (χ3n) is 7.71. The molecule has 0 saturated carbocycles. The molecule has 0 atom stereocenters. The van der Waals surface area contributed by atoms with Crippen molar-refractivity contribution in [2.75, 3.05) is 0 Å². The van der Waals surface area contributed by atoms with Crippen LogP contribution in [0.5, 0.6) is 5.75 Å². The van der Waals surface area contributed by atoms with Gasteiger partial charge in [0.1, 0.15) is 8.07 Å². The van der Waals surface area contributed by atoms with Crippen molar-refractivity contribution < 1.29 is 93.1 Å². The second-order valence-corrected chi connectivity index (χ2v) is 14.9. The molecule has 0 saturated heterocycles. The molecule has 0 fully saturated rings. The van der Waals surface area contributed by atoms with E-state index in [9.17, 15) is 39.5 Å². The first-order valence-corrected chi connectivity index (χ1v) is 15.5. The third kappa shape index (κ3) is 4.86.